The van der Waals surface area contributed by atoms with E-state index >= 15 is 0 Å². The van der Waals surface area contributed by atoms with Crippen molar-refractivity contribution in [3.05, 3.63) is 114 Å². The van der Waals surface area contributed by atoms with Gasteiger partial charge in [0, 0.05) is 31.0 Å². The fourth-order valence-corrected chi connectivity index (χ4v) is 5.47. The molecule has 2 heterocycles. The van der Waals surface area contributed by atoms with Gasteiger partial charge in [-0.15, -0.1) is 0 Å². The third-order valence-electron chi connectivity index (χ3n) is 7.81. The first-order valence-electron chi connectivity index (χ1n) is 14.7. The zero-order valence-electron chi connectivity index (χ0n) is 24.6. The molecule has 4 aromatic rings. The van der Waals surface area contributed by atoms with Gasteiger partial charge in [-0.1, -0.05) is 48.5 Å². The Bertz CT molecular complexity index is 1570. The number of methoxy groups -OCH3 is 1. The monoisotopic (exact) mass is 593 g/mol. The lowest BCUT2D eigenvalue weighted by Gasteiger charge is -2.32. The van der Waals surface area contributed by atoms with Crippen molar-refractivity contribution in [2.24, 2.45) is 0 Å². The second-order valence-electron chi connectivity index (χ2n) is 10.7. The van der Waals surface area contributed by atoms with Crippen LogP contribution >= 0.6 is 0 Å². The van der Waals surface area contributed by atoms with E-state index in [1.54, 1.807) is 24.1 Å². The molecule has 4 aromatic carbocycles. The Balaban J connectivity index is 1.33. The number of nitrogens with one attached hydrogen (secondary N) is 1. The van der Waals surface area contributed by atoms with E-state index in [4.69, 9.17) is 18.9 Å². The van der Waals surface area contributed by atoms with E-state index in [0.717, 1.165) is 29.9 Å². The Morgan fingerprint density at radius 1 is 0.864 bits per heavy atom. The smallest absolute Gasteiger partial charge is 0.251 e. The summed E-state index contributed by atoms with van der Waals surface area (Å²) in [5.41, 5.74) is 4.04. The van der Waals surface area contributed by atoms with E-state index in [9.17, 15) is 9.59 Å². The van der Waals surface area contributed by atoms with E-state index in [1.807, 2.05) is 84.9 Å². The summed E-state index contributed by atoms with van der Waals surface area (Å²) in [6.45, 7) is 3.34. The number of rotatable bonds is 10. The van der Waals surface area contributed by atoms with Crippen molar-refractivity contribution in [1.82, 2.24) is 4.90 Å². The average Bonchev–Trinajstić information content (AvgIpc) is 3.54. The minimum atomic E-state index is -0.957. The zero-order valence-corrected chi connectivity index (χ0v) is 24.6. The minimum absolute atomic E-state index is 0.105. The van der Waals surface area contributed by atoms with Crippen LogP contribution in [0.4, 0.5) is 11.4 Å². The van der Waals surface area contributed by atoms with E-state index in [1.165, 1.54) is 0 Å². The fourth-order valence-electron chi connectivity index (χ4n) is 5.47. The Morgan fingerprint density at radius 2 is 1.59 bits per heavy atom. The molecule has 2 amide bonds. The third-order valence-corrected chi connectivity index (χ3v) is 7.81. The molecule has 0 bridgehead atoms. The lowest BCUT2D eigenvalue weighted by molar-refractivity contribution is -0.139. The fraction of sp³-hybridized carbons (Fsp3) is 0.257. The van der Waals surface area contributed by atoms with Crippen molar-refractivity contribution >= 4 is 23.2 Å². The van der Waals surface area contributed by atoms with Crippen LogP contribution < -0.4 is 24.4 Å². The molecule has 1 atom stereocenters. The van der Waals surface area contributed by atoms with Gasteiger partial charge in [0.2, 0.25) is 12.7 Å². The van der Waals surface area contributed by atoms with Gasteiger partial charge in [0.25, 0.3) is 5.91 Å². The van der Waals surface area contributed by atoms with E-state index in [2.05, 4.69) is 10.2 Å². The lowest BCUT2D eigenvalue weighted by Crippen LogP contribution is -2.41. The second kappa shape index (κ2) is 13.5. The highest BCUT2D eigenvalue weighted by atomic mass is 16.7. The molecule has 0 aromatic heterocycles. The largest absolute Gasteiger partial charge is 0.497 e. The van der Waals surface area contributed by atoms with Crippen LogP contribution in [0.15, 0.2) is 97.1 Å². The Kier molecular flexibility index (Phi) is 8.93. The minimum Gasteiger partial charge on any atom is -0.497 e. The van der Waals surface area contributed by atoms with Crippen molar-refractivity contribution in [3.8, 4) is 17.2 Å². The number of hydrogen-bond acceptors (Lipinski definition) is 7. The van der Waals surface area contributed by atoms with Crippen LogP contribution in [0.3, 0.4) is 0 Å². The number of amides is 2. The second-order valence-corrected chi connectivity index (χ2v) is 10.7. The lowest BCUT2D eigenvalue weighted by atomic mass is 10.0. The highest BCUT2D eigenvalue weighted by Crippen LogP contribution is 2.37. The van der Waals surface area contributed by atoms with Gasteiger partial charge in [0.05, 0.1) is 26.7 Å². The maximum atomic E-state index is 14.3. The first-order valence-corrected chi connectivity index (χ1v) is 14.7. The van der Waals surface area contributed by atoms with Crippen molar-refractivity contribution < 1.29 is 28.5 Å². The summed E-state index contributed by atoms with van der Waals surface area (Å²) in [6, 6.07) is 29.2. The molecule has 0 aliphatic carbocycles. The van der Waals surface area contributed by atoms with Gasteiger partial charge in [-0.25, -0.2) is 0 Å². The molecule has 226 valence electrons. The number of nitrogens with zero attached hydrogens (tertiary/aromatic N) is 2. The molecule has 9 heteroatoms. The number of anilines is 2. The number of carbonyl (C=O) groups is 2. The molecule has 44 heavy (non-hydrogen) atoms. The van der Waals surface area contributed by atoms with Crippen molar-refractivity contribution in [1.29, 1.82) is 0 Å². The summed E-state index contributed by atoms with van der Waals surface area (Å²) in [5, 5.41) is 3.07. The number of hydrogen-bond donors (Lipinski definition) is 1. The van der Waals surface area contributed by atoms with Crippen LogP contribution in [0.2, 0.25) is 0 Å². The first kappa shape index (κ1) is 29.1. The number of carbonyl (C=O) groups excluding carboxylic acids is 2. The first-order chi connectivity index (χ1) is 21.6. The molecule has 1 N–H and O–H groups in total. The number of fused-ring (bicyclic) bond motifs is 1. The van der Waals surface area contributed by atoms with Crippen LogP contribution in [0.1, 0.15) is 22.7 Å². The highest BCUT2D eigenvalue weighted by molar-refractivity contribution is 5.98. The zero-order chi connectivity index (χ0) is 30.3. The Labute approximate surface area is 256 Å². The molecule has 0 saturated carbocycles. The van der Waals surface area contributed by atoms with Gasteiger partial charge in [0.1, 0.15) is 11.8 Å². The quantitative estimate of drug-likeness (QED) is 0.270. The summed E-state index contributed by atoms with van der Waals surface area (Å²) in [4.78, 5) is 32.3. The maximum Gasteiger partial charge on any atom is 0.251 e. The van der Waals surface area contributed by atoms with Gasteiger partial charge in [-0.05, 0) is 65.2 Å². The number of morpholine rings is 1. The van der Waals surface area contributed by atoms with Crippen LogP contribution in [-0.4, -0.2) is 56.9 Å². The normalized spacial score (nSPS) is 14.5. The average molecular weight is 594 g/mol. The predicted molar refractivity (Wildman–Crippen MR) is 167 cm³/mol. The van der Waals surface area contributed by atoms with Crippen LogP contribution in [0.5, 0.6) is 17.2 Å². The van der Waals surface area contributed by atoms with Crippen molar-refractivity contribution in [2.45, 2.75) is 19.0 Å². The number of benzene rings is 4. The van der Waals surface area contributed by atoms with Crippen LogP contribution in [-0.2, 0) is 27.3 Å². The van der Waals surface area contributed by atoms with E-state index in [-0.39, 0.29) is 31.6 Å². The Morgan fingerprint density at radius 3 is 2.32 bits per heavy atom. The molecule has 9 nitrogen and oxygen atoms in total. The molecule has 0 radical (unpaired) electrons. The maximum absolute atomic E-state index is 14.3. The van der Waals surface area contributed by atoms with Gasteiger partial charge in [0.15, 0.2) is 11.5 Å². The van der Waals surface area contributed by atoms with Crippen LogP contribution in [0.25, 0.3) is 0 Å². The van der Waals surface area contributed by atoms with Gasteiger partial charge < -0.3 is 34.1 Å². The van der Waals surface area contributed by atoms with Crippen molar-refractivity contribution in [2.75, 3.05) is 50.4 Å². The number of ether oxygens (including phenoxy) is 4. The van der Waals surface area contributed by atoms with Crippen LogP contribution in [0, 0.1) is 0 Å². The molecule has 0 spiro atoms. The predicted octanol–water partition coefficient (Wildman–Crippen LogP) is 5.21. The van der Waals surface area contributed by atoms with Crippen molar-refractivity contribution in [3.63, 3.8) is 0 Å². The molecule has 2 aliphatic rings. The van der Waals surface area contributed by atoms with E-state index in [0.29, 0.717) is 41.7 Å². The van der Waals surface area contributed by atoms with Gasteiger partial charge in [-0.3, -0.25) is 9.59 Å². The standard InChI is InChI=1S/C35H35N3O6/c1-41-30-14-7-26(8-15-30)23-38(33(39)21-25-5-3-2-4-6-25)34(27-9-16-31-32(22-27)44-24-43-31)35(40)36-28-10-12-29(13-11-28)37-17-19-42-20-18-37/h2-16,22,34H,17-21,23-24H2,1H3,(H,36,40). The summed E-state index contributed by atoms with van der Waals surface area (Å²) in [5.74, 6) is 1.32. The SMILES string of the molecule is COc1ccc(CN(C(=O)Cc2ccccc2)C(C(=O)Nc2ccc(N3CCOCC3)cc2)c2ccc3c(c2)OCO3)cc1. The molecule has 2 aliphatic heterocycles. The molecule has 6 rings (SSSR count). The molecule has 1 fully saturated rings. The molecule has 1 saturated heterocycles. The summed E-state index contributed by atoms with van der Waals surface area (Å²) in [7, 11) is 1.61. The highest BCUT2D eigenvalue weighted by Gasteiger charge is 2.33. The third kappa shape index (κ3) is 6.79. The molecule has 1 unspecified atom stereocenters. The summed E-state index contributed by atoms with van der Waals surface area (Å²) >= 11 is 0. The molecular formula is C35H35N3O6. The van der Waals surface area contributed by atoms with E-state index < -0.39 is 6.04 Å². The summed E-state index contributed by atoms with van der Waals surface area (Å²) in [6.07, 6.45) is 0.138. The van der Waals surface area contributed by atoms with Gasteiger partial charge >= 0.3 is 0 Å². The summed E-state index contributed by atoms with van der Waals surface area (Å²) < 4.78 is 22.0. The Hall–Kier alpha value is -5.02. The van der Waals surface area contributed by atoms with Gasteiger partial charge in [-0.2, -0.15) is 0 Å². The molecular weight excluding hydrogens is 558 g/mol. The topological polar surface area (TPSA) is 89.6 Å².